The highest BCUT2D eigenvalue weighted by molar-refractivity contribution is 5.93. The first-order valence-corrected chi connectivity index (χ1v) is 10.7. The van der Waals surface area contributed by atoms with Crippen LogP contribution >= 0.6 is 0 Å². The normalized spacial score (nSPS) is 10.7. The van der Waals surface area contributed by atoms with Crippen LogP contribution in [0.3, 0.4) is 0 Å². The average molecular weight is 428 g/mol. The maximum absolute atomic E-state index is 12.7. The topological polar surface area (TPSA) is 65.4 Å². The Morgan fingerprint density at radius 3 is 2.50 bits per heavy atom. The van der Waals surface area contributed by atoms with Crippen molar-refractivity contribution in [2.45, 2.75) is 20.4 Å². The number of hydrogen-bond donors (Lipinski definition) is 1. The molecule has 0 spiro atoms. The van der Waals surface area contributed by atoms with Crippen LogP contribution in [0.25, 0.3) is 11.1 Å². The van der Waals surface area contributed by atoms with Crippen LogP contribution in [0.2, 0.25) is 0 Å². The van der Waals surface area contributed by atoms with Crippen molar-refractivity contribution in [1.82, 2.24) is 4.90 Å². The maximum atomic E-state index is 12.7. The first-order valence-electron chi connectivity index (χ1n) is 10.7. The van der Waals surface area contributed by atoms with Crippen molar-refractivity contribution in [3.63, 3.8) is 0 Å². The molecule has 0 radical (unpaired) electrons. The monoisotopic (exact) mass is 427 g/mol. The van der Waals surface area contributed by atoms with Gasteiger partial charge in [0.05, 0.1) is 24.8 Å². The number of nitriles is 1. The number of ether oxygens (including phenoxy) is 1. The highest BCUT2D eigenvalue weighted by Crippen LogP contribution is 2.24. The van der Waals surface area contributed by atoms with Gasteiger partial charge >= 0.3 is 0 Å². The fourth-order valence-electron chi connectivity index (χ4n) is 3.59. The van der Waals surface area contributed by atoms with E-state index < -0.39 is 0 Å². The second kappa shape index (κ2) is 11.2. The van der Waals surface area contributed by atoms with E-state index in [1.54, 1.807) is 7.11 Å². The molecule has 0 heterocycles. The Bertz CT molecular complexity index is 1100. The molecule has 0 aliphatic heterocycles. The number of aryl methyl sites for hydroxylation is 1. The quantitative estimate of drug-likeness (QED) is 0.526. The zero-order valence-electron chi connectivity index (χ0n) is 18.9. The molecule has 0 aliphatic rings. The molecule has 32 heavy (non-hydrogen) atoms. The highest BCUT2D eigenvalue weighted by Gasteiger charge is 2.13. The molecule has 0 aromatic heterocycles. The van der Waals surface area contributed by atoms with Gasteiger partial charge < -0.3 is 10.1 Å². The first-order chi connectivity index (χ1) is 15.5. The summed E-state index contributed by atoms with van der Waals surface area (Å²) in [5.41, 5.74) is 6.76. The molecule has 1 N–H and O–H groups in total. The van der Waals surface area contributed by atoms with E-state index in [4.69, 9.17) is 4.74 Å². The third-order valence-electron chi connectivity index (χ3n) is 5.58. The van der Waals surface area contributed by atoms with Gasteiger partial charge in [0.1, 0.15) is 0 Å². The van der Waals surface area contributed by atoms with Gasteiger partial charge in [0.15, 0.2) is 0 Å². The molecular weight excluding hydrogens is 398 g/mol. The van der Waals surface area contributed by atoms with E-state index in [-0.39, 0.29) is 12.5 Å². The summed E-state index contributed by atoms with van der Waals surface area (Å²) in [5, 5.41) is 12.4. The summed E-state index contributed by atoms with van der Waals surface area (Å²) >= 11 is 0. The molecule has 0 saturated carbocycles. The van der Waals surface area contributed by atoms with Crippen molar-refractivity contribution in [3.05, 3.63) is 89.0 Å². The summed E-state index contributed by atoms with van der Waals surface area (Å²) in [6.07, 6.45) is 0. The second-order valence-electron chi connectivity index (χ2n) is 7.85. The van der Waals surface area contributed by atoms with E-state index in [1.165, 1.54) is 0 Å². The van der Waals surface area contributed by atoms with Crippen molar-refractivity contribution in [1.29, 1.82) is 5.26 Å². The lowest BCUT2D eigenvalue weighted by Gasteiger charge is -2.22. The van der Waals surface area contributed by atoms with Crippen LogP contribution in [-0.2, 0) is 16.1 Å². The largest absolute Gasteiger partial charge is 0.383 e. The van der Waals surface area contributed by atoms with E-state index in [9.17, 15) is 10.1 Å². The molecular formula is C27H29N3O2. The second-order valence-corrected chi connectivity index (χ2v) is 7.85. The van der Waals surface area contributed by atoms with E-state index in [1.807, 2.05) is 80.6 Å². The van der Waals surface area contributed by atoms with Gasteiger partial charge in [-0.2, -0.15) is 5.26 Å². The minimum absolute atomic E-state index is 0.0469. The zero-order valence-corrected chi connectivity index (χ0v) is 18.9. The molecule has 0 aliphatic carbocycles. The Morgan fingerprint density at radius 1 is 1.03 bits per heavy atom. The Hall–Kier alpha value is -3.46. The lowest BCUT2D eigenvalue weighted by atomic mass is 9.99. The lowest BCUT2D eigenvalue weighted by molar-refractivity contribution is -0.117. The van der Waals surface area contributed by atoms with E-state index in [0.717, 1.165) is 33.5 Å². The van der Waals surface area contributed by atoms with Gasteiger partial charge in [0.2, 0.25) is 5.91 Å². The van der Waals surface area contributed by atoms with Gasteiger partial charge in [0, 0.05) is 25.9 Å². The molecule has 0 bridgehead atoms. The van der Waals surface area contributed by atoms with Crippen LogP contribution in [-0.4, -0.2) is 37.6 Å². The lowest BCUT2D eigenvalue weighted by Crippen LogP contribution is -2.35. The molecule has 3 aromatic carbocycles. The molecule has 0 saturated heterocycles. The van der Waals surface area contributed by atoms with Crippen LogP contribution in [0.5, 0.6) is 0 Å². The zero-order chi connectivity index (χ0) is 22.9. The number of hydrogen-bond acceptors (Lipinski definition) is 4. The molecule has 0 fully saturated rings. The van der Waals surface area contributed by atoms with E-state index in [0.29, 0.717) is 25.3 Å². The van der Waals surface area contributed by atoms with Gasteiger partial charge in [-0.05, 0) is 53.8 Å². The third-order valence-corrected chi connectivity index (χ3v) is 5.58. The van der Waals surface area contributed by atoms with Crippen molar-refractivity contribution in [3.8, 4) is 17.2 Å². The smallest absolute Gasteiger partial charge is 0.238 e. The van der Waals surface area contributed by atoms with Gasteiger partial charge in [0.25, 0.3) is 0 Å². The van der Waals surface area contributed by atoms with Gasteiger partial charge in [-0.15, -0.1) is 0 Å². The summed E-state index contributed by atoms with van der Waals surface area (Å²) < 4.78 is 5.24. The van der Waals surface area contributed by atoms with E-state index in [2.05, 4.69) is 16.3 Å². The minimum atomic E-state index is -0.0469. The van der Waals surface area contributed by atoms with Crippen LogP contribution < -0.4 is 5.32 Å². The Kier molecular flexibility index (Phi) is 8.15. The summed E-state index contributed by atoms with van der Waals surface area (Å²) in [7, 11) is 1.66. The first kappa shape index (κ1) is 23.2. The van der Waals surface area contributed by atoms with Crippen LogP contribution in [0, 0.1) is 25.2 Å². The van der Waals surface area contributed by atoms with Crippen LogP contribution in [0.4, 0.5) is 5.69 Å². The van der Waals surface area contributed by atoms with Crippen molar-refractivity contribution < 1.29 is 9.53 Å². The van der Waals surface area contributed by atoms with Crippen molar-refractivity contribution in [2.24, 2.45) is 0 Å². The number of amides is 1. The molecule has 3 aromatic rings. The summed E-state index contributed by atoms with van der Waals surface area (Å²) in [5.74, 6) is -0.0469. The minimum Gasteiger partial charge on any atom is -0.383 e. The van der Waals surface area contributed by atoms with Gasteiger partial charge in [-0.25, -0.2) is 0 Å². The average Bonchev–Trinajstić information content (AvgIpc) is 2.81. The predicted molar refractivity (Wildman–Crippen MR) is 128 cm³/mol. The van der Waals surface area contributed by atoms with Crippen molar-refractivity contribution >= 4 is 11.6 Å². The predicted octanol–water partition coefficient (Wildman–Crippen LogP) is 4.93. The number of methoxy groups -OCH3 is 1. The fraction of sp³-hybridized carbons (Fsp3) is 0.259. The third kappa shape index (κ3) is 6.04. The van der Waals surface area contributed by atoms with E-state index >= 15 is 0 Å². The molecule has 3 rings (SSSR count). The Balaban J connectivity index is 1.69. The van der Waals surface area contributed by atoms with Crippen molar-refractivity contribution in [2.75, 3.05) is 32.1 Å². The fourth-order valence-corrected chi connectivity index (χ4v) is 3.59. The number of nitrogens with one attached hydrogen (secondary N) is 1. The number of carbonyl (C=O) groups excluding carboxylic acids is 1. The van der Waals surface area contributed by atoms with Gasteiger partial charge in [-0.3, -0.25) is 9.69 Å². The molecule has 5 nitrogen and oxygen atoms in total. The van der Waals surface area contributed by atoms with Gasteiger partial charge in [-0.1, -0.05) is 54.6 Å². The maximum Gasteiger partial charge on any atom is 0.238 e. The standard InChI is InChI=1S/C27H29N3O2/c1-20-7-6-10-26(21(20)2)29-27(31)19-30(15-16-32-3)18-22-11-13-23(14-12-22)25-9-5-4-8-24(25)17-28/h4-14H,15-16,18-19H2,1-3H3,(H,29,31). The number of carbonyl (C=O) groups is 1. The SMILES string of the molecule is COCCN(CC(=O)Nc1cccc(C)c1C)Cc1ccc(-c2ccccc2C#N)cc1. The molecule has 164 valence electrons. The number of benzene rings is 3. The summed E-state index contributed by atoms with van der Waals surface area (Å²) in [6, 6.07) is 23.9. The van der Waals surface area contributed by atoms with Crippen LogP contribution in [0.1, 0.15) is 22.3 Å². The summed E-state index contributed by atoms with van der Waals surface area (Å²) in [4.78, 5) is 14.8. The molecule has 0 unspecified atom stereocenters. The Labute approximate surface area is 190 Å². The van der Waals surface area contributed by atoms with Crippen LogP contribution in [0.15, 0.2) is 66.7 Å². The number of nitrogens with zero attached hydrogens (tertiary/aromatic N) is 2. The molecule has 1 amide bonds. The highest BCUT2D eigenvalue weighted by atomic mass is 16.5. The number of rotatable bonds is 9. The summed E-state index contributed by atoms with van der Waals surface area (Å²) in [6.45, 7) is 6.15. The molecule has 0 atom stereocenters. The number of anilines is 1. The molecule has 5 heteroatoms. The Morgan fingerprint density at radius 2 is 1.78 bits per heavy atom.